The minimum atomic E-state index is -0.514. The zero-order valence-corrected chi connectivity index (χ0v) is 9.46. The number of nitrogens with one attached hydrogen (secondary N) is 1. The van der Waals surface area contributed by atoms with Gasteiger partial charge >= 0.3 is 0 Å². The summed E-state index contributed by atoms with van der Waals surface area (Å²) in [4.78, 5) is 0. The normalized spacial score (nSPS) is 31.5. The zero-order valence-electron chi connectivity index (χ0n) is 9.46. The Hall–Kier alpha value is -0.860. The van der Waals surface area contributed by atoms with Crippen molar-refractivity contribution in [2.24, 2.45) is 0 Å². The molecule has 1 heterocycles. The molecule has 2 N–H and O–H groups in total. The van der Waals surface area contributed by atoms with E-state index in [1.165, 1.54) is 11.1 Å². The van der Waals surface area contributed by atoms with Crippen LogP contribution in [-0.4, -0.2) is 17.3 Å². The van der Waals surface area contributed by atoms with Crippen molar-refractivity contribution in [1.29, 1.82) is 0 Å². The summed E-state index contributed by atoms with van der Waals surface area (Å²) in [6.45, 7) is 4.92. The lowest BCUT2D eigenvalue weighted by molar-refractivity contribution is 0.0132. The molecule has 0 aliphatic carbocycles. The summed E-state index contributed by atoms with van der Waals surface area (Å²) in [5.74, 6) is 0. The summed E-state index contributed by atoms with van der Waals surface area (Å²) in [5.41, 5.74) is 2.05. The summed E-state index contributed by atoms with van der Waals surface area (Å²) in [5, 5.41) is 13.5. The van der Waals surface area contributed by atoms with Gasteiger partial charge in [0.15, 0.2) is 0 Å². The molecule has 0 aromatic heterocycles. The Morgan fingerprint density at radius 3 is 2.93 bits per heavy atom. The third-order valence-corrected chi connectivity index (χ3v) is 3.14. The minimum Gasteiger partial charge on any atom is -0.390 e. The number of benzene rings is 1. The van der Waals surface area contributed by atoms with E-state index in [1.807, 2.05) is 6.92 Å². The van der Waals surface area contributed by atoms with Crippen molar-refractivity contribution in [2.75, 3.05) is 6.54 Å². The van der Waals surface area contributed by atoms with Crippen LogP contribution in [0.25, 0.3) is 0 Å². The van der Waals surface area contributed by atoms with Crippen molar-refractivity contribution in [3.63, 3.8) is 0 Å². The van der Waals surface area contributed by atoms with Gasteiger partial charge in [-0.15, -0.1) is 0 Å². The van der Waals surface area contributed by atoms with E-state index in [-0.39, 0.29) is 0 Å². The van der Waals surface area contributed by atoms with Gasteiger partial charge in [-0.3, -0.25) is 0 Å². The Labute approximate surface area is 91.3 Å². The van der Waals surface area contributed by atoms with E-state index in [4.69, 9.17) is 0 Å². The third kappa shape index (κ3) is 2.58. The highest BCUT2D eigenvalue weighted by Crippen LogP contribution is 2.30. The summed E-state index contributed by atoms with van der Waals surface area (Å²) in [6.07, 6.45) is 1.64. The molecule has 82 valence electrons. The van der Waals surface area contributed by atoms with Crippen LogP contribution in [0.5, 0.6) is 0 Å². The maximum atomic E-state index is 10.0. The molecule has 2 heteroatoms. The molecule has 0 radical (unpaired) electrons. The SMILES string of the molecule is Cc1cccc(C2CC(C)(O)CCN2)c1. The van der Waals surface area contributed by atoms with Crippen molar-refractivity contribution >= 4 is 0 Å². The Kier molecular flexibility index (Phi) is 2.81. The summed E-state index contributed by atoms with van der Waals surface area (Å²) in [7, 11) is 0. The minimum absolute atomic E-state index is 0.300. The standard InChI is InChI=1S/C13H19NO/c1-10-4-3-5-11(8-10)12-9-13(2,15)6-7-14-12/h3-5,8,12,14-15H,6-7,9H2,1-2H3. The number of piperidine rings is 1. The first-order valence-corrected chi connectivity index (χ1v) is 5.59. The quantitative estimate of drug-likeness (QED) is 0.736. The van der Waals surface area contributed by atoms with E-state index in [2.05, 4.69) is 36.5 Å². The van der Waals surface area contributed by atoms with Gasteiger partial charge in [-0.2, -0.15) is 0 Å². The fourth-order valence-electron chi connectivity index (χ4n) is 2.25. The van der Waals surface area contributed by atoms with Crippen LogP contribution in [0.3, 0.4) is 0 Å². The first kappa shape index (κ1) is 10.7. The number of hydrogen-bond donors (Lipinski definition) is 2. The van der Waals surface area contributed by atoms with Gasteiger partial charge in [-0.05, 0) is 38.8 Å². The predicted molar refractivity (Wildman–Crippen MR) is 61.8 cm³/mol. The zero-order chi connectivity index (χ0) is 10.9. The van der Waals surface area contributed by atoms with Gasteiger partial charge in [-0.1, -0.05) is 29.8 Å². The second kappa shape index (κ2) is 3.95. The summed E-state index contributed by atoms with van der Waals surface area (Å²) < 4.78 is 0. The molecule has 2 unspecified atom stereocenters. The number of hydrogen-bond acceptors (Lipinski definition) is 2. The molecule has 1 aliphatic heterocycles. The lowest BCUT2D eigenvalue weighted by atomic mass is 9.86. The van der Waals surface area contributed by atoms with Gasteiger partial charge in [0.25, 0.3) is 0 Å². The van der Waals surface area contributed by atoms with Crippen LogP contribution in [0, 0.1) is 6.92 Å². The molecule has 1 fully saturated rings. The Balaban J connectivity index is 2.17. The average Bonchev–Trinajstić information content (AvgIpc) is 2.16. The molecule has 1 saturated heterocycles. The molecule has 1 aromatic carbocycles. The maximum Gasteiger partial charge on any atom is 0.0650 e. The molecule has 2 nitrogen and oxygen atoms in total. The second-order valence-corrected chi connectivity index (χ2v) is 4.87. The molecular formula is C13H19NO. The lowest BCUT2D eigenvalue weighted by Crippen LogP contribution is -2.41. The molecule has 1 aliphatic rings. The van der Waals surface area contributed by atoms with Crippen molar-refractivity contribution in [2.45, 2.75) is 38.3 Å². The first-order valence-electron chi connectivity index (χ1n) is 5.59. The molecular weight excluding hydrogens is 186 g/mol. The van der Waals surface area contributed by atoms with E-state index in [9.17, 15) is 5.11 Å². The number of aliphatic hydroxyl groups is 1. The second-order valence-electron chi connectivity index (χ2n) is 4.87. The van der Waals surface area contributed by atoms with E-state index >= 15 is 0 Å². The molecule has 15 heavy (non-hydrogen) atoms. The van der Waals surface area contributed by atoms with Crippen molar-refractivity contribution in [1.82, 2.24) is 5.32 Å². The Bertz CT molecular complexity index is 346. The molecule has 0 saturated carbocycles. The largest absolute Gasteiger partial charge is 0.390 e. The van der Waals surface area contributed by atoms with Gasteiger partial charge in [0.05, 0.1) is 5.60 Å². The third-order valence-electron chi connectivity index (χ3n) is 3.14. The molecule has 2 rings (SSSR count). The average molecular weight is 205 g/mol. The fraction of sp³-hybridized carbons (Fsp3) is 0.538. The van der Waals surface area contributed by atoms with Gasteiger partial charge in [0.1, 0.15) is 0 Å². The van der Waals surface area contributed by atoms with Crippen molar-refractivity contribution in [3.05, 3.63) is 35.4 Å². The Morgan fingerprint density at radius 1 is 1.47 bits per heavy atom. The van der Waals surface area contributed by atoms with Crippen LogP contribution in [0.15, 0.2) is 24.3 Å². The number of aryl methyl sites for hydroxylation is 1. The number of rotatable bonds is 1. The molecule has 0 amide bonds. The van der Waals surface area contributed by atoms with Crippen molar-refractivity contribution < 1.29 is 5.11 Å². The van der Waals surface area contributed by atoms with Crippen LogP contribution in [-0.2, 0) is 0 Å². The highest BCUT2D eigenvalue weighted by molar-refractivity contribution is 5.25. The predicted octanol–water partition coefficient (Wildman–Crippen LogP) is 2.17. The molecule has 2 atom stereocenters. The van der Waals surface area contributed by atoms with Crippen LogP contribution in [0.1, 0.15) is 36.9 Å². The fourth-order valence-corrected chi connectivity index (χ4v) is 2.25. The monoisotopic (exact) mass is 205 g/mol. The highest BCUT2D eigenvalue weighted by atomic mass is 16.3. The smallest absolute Gasteiger partial charge is 0.0650 e. The van der Waals surface area contributed by atoms with Crippen LogP contribution in [0.4, 0.5) is 0 Å². The van der Waals surface area contributed by atoms with Gasteiger partial charge in [-0.25, -0.2) is 0 Å². The summed E-state index contributed by atoms with van der Waals surface area (Å²) >= 11 is 0. The molecule has 0 spiro atoms. The van der Waals surface area contributed by atoms with E-state index in [0.29, 0.717) is 6.04 Å². The van der Waals surface area contributed by atoms with Gasteiger partial charge < -0.3 is 10.4 Å². The topological polar surface area (TPSA) is 32.3 Å². The van der Waals surface area contributed by atoms with Gasteiger partial charge in [0, 0.05) is 6.04 Å². The van der Waals surface area contributed by atoms with Gasteiger partial charge in [0.2, 0.25) is 0 Å². The maximum absolute atomic E-state index is 10.0. The van der Waals surface area contributed by atoms with E-state index in [0.717, 1.165) is 19.4 Å². The summed E-state index contributed by atoms with van der Waals surface area (Å²) in [6, 6.07) is 8.80. The van der Waals surface area contributed by atoms with E-state index in [1.54, 1.807) is 0 Å². The molecule has 1 aromatic rings. The van der Waals surface area contributed by atoms with Crippen LogP contribution < -0.4 is 5.32 Å². The van der Waals surface area contributed by atoms with Crippen molar-refractivity contribution in [3.8, 4) is 0 Å². The molecule has 0 bridgehead atoms. The Morgan fingerprint density at radius 2 is 2.27 bits per heavy atom. The first-order chi connectivity index (χ1) is 7.07. The lowest BCUT2D eigenvalue weighted by Gasteiger charge is -2.35. The van der Waals surface area contributed by atoms with Crippen LogP contribution in [0.2, 0.25) is 0 Å². The van der Waals surface area contributed by atoms with Crippen LogP contribution >= 0.6 is 0 Å². The highest BCUT2D eigenvalue weighted by Gasteiger charge is 2.30. The van der Waals surface area contributed by atoms with E-state index < -0.39 is 5.60 Å².